The molecule has 0 spiro atoms. The van der Waals surface area contributed by atoms with Crippen molar-refractivity contribution in [2.75, 3.05) is 19.6 Å². The summed E-state index contributed by atoms with van der Waals surface area (Å²) in [6.07, 6.45) is 8.29. The van der Waals surface area contributed by atoms with Gasteiger partial charge in [0, 0.05) is 44.0 Å². The lowest BCUT2D eigenvalue weighted by molar-refractivity contribution is 0.188. The molecule has 1 aliphatic heterocycles. The molecule has 0 amide bonds. The molecule has 2 fully saturated rings. The SMILES string of the molecule is CCN=C(NC1CC1c1ccccc1C)N1CCC(C)C(n2ccnc2)C1.I. The molecule has 1 aliphatic carbocycles. The van der Waals surface area contributed by atoms with Crippen molar-refractivity contribution in [2.45, 2.75) is 51.6 Å². The van der Waals surface area contributed by atoms with E-state index in [1.807, 2.05) is 12.5 Å². The summed E-state index contributed by atoms with van der Waals surface area (Å²) < 4.78 is 2.26. The third kappa shape index (κ3) is 4.53. The van der Waals surface area contributed by atoms with Gasteiger partial charge in [0.25, 0.3) is 0 Å². The molecule has 4 rings (SSSR count). The number of hydrogen-bond acceptors (Lipinski definition) is 2. The largest absolute Gasteiger partial charge is 0.353 e. The second kappa shape index (κ2) is 9.29. The van der Waals surface area contributed by atoms with Crippen molar-refractivity contribution in [1.29, 1.82) is 0 Å². The van der Waals surface area contributed by atoms with Crippen molar-refractivity contribution in [3.8, 4) is 0 Å². The number of benzene rings is 1. The minimum atomic E-state index is 0. The molecule has 1 aromatic carbocycles. The van der Waals surface area contributed by atoms with Crippen molar-refractivity contribution in [3.63, 3.8) is 0 Å². The van der Waals surface area contributed by atoms with Crippen LogP contribution in [0.5, 0.6) is 0 Å². The Balaban J connectivity index is 0.00000225. The molecular formula is C22H32IN5. The van der Waals surface area contributed by atoms with Crippen LogP contribution < -0.4 is 5.32 Å². The first kappa shape index (κ1) is 21.1. The Hall–Kier alpha value is -1.57. The van der Waals surface area contributed by atoms with Crippen LogP contribution in [0.1, 0.15) is 49.8 Å². The number of nitrogens with one attached hydrogen (secondary N) is 1. The smallest absolute Gasteiger partial charge is 0.194 e. The van der Waals surface area contributed by atoms with Crippen LogP contribution in [0.2, 0.25) is 0 Å². The van der Waals surface area contributed by atoms with Gasteiger partial charge < -0.3 is 14.8 Å². The third-order valence-electron chi connectivity index (χ3n) is 6.13. The van der Waals surface area contributed by atoms with Gasteiger partial charge in [0.15, 0.2) is 5.96 Å². The number of imidazole rings is 1. The Kier molecular flexibility index (Phi) is 7.01. The van der Waals surface area contributed by atoms with Gasteiger partial charge in [-0.1, -0.05) is 31.2 Å². The first-order valence-corrected chi connectivity index (χ1v) is 10.3. The van der Waals surface area contributed by atoms with Gasteiger partial charge in [0.05, 0.1) is 12.4 Å². The maximum absolute atomic E-state index is 4.83. The van der Waals surface area contributed by atoms with E-state index in [-0.39, 0.29) is 24.0 Å². The van der Waals surface area contributed by atoms with Gasteiger partial charge in [-0.25, -0.2) is 4.98 Å². The van der Waals surface area contributed by atoms with Gasteiger partial charge in [-0.2, -0.15) is 0 Å². The number of aryl methyl sites for hydroxylation is 1. The molecule has 1 aromatic heterocycles. The normalized spacial score (nSPS) is 27.2. The lowest BCUT2D eigenvalue weighted by Gasteiger charge is -2.39. The monoisotopic (exact) mass is 493 g/mol. The van der Waals surface area contributed by atoms with Crippen LogP contribution in [-0.4, -0.2) is 46.1 Å². The van der Waals surface area contributed by atoms with Gasteiger partial charge in [-0.15, -0.1) is 24.0 Å². The lowest BCUT2D eigenvalue weighted by atomic mass is 9.93. The van der Waals surface area contributed by atoms with Crippen LogP contribution >= 0.6 is 24.0 Å². The van der Waals surface area contributed by atoms with E-state index in [1.54, 1.807) is 0 Å². The lowest BCUT2D eigenvalue weighted by Crippen LogP contribution is -2.49. The highest BCUT2D eigenvalue weighted by Gasteiger charge is 2.41. The summed E-state index contributed by atoms with van der Waals surface area (Å²) in [5.41, 5.74) is 2.88. The maximum atomic E-state index is 4.83. The number of aromatic nitrogens is 2. The summed E-state index contributed by atoms with van der Waals surface area (Å²) in [5.74, 6) is 2.34. The first-order valence-electron chi connectivity index (χ1n) is 10.3. The van der Waals surface area contributed by atoms with E-state index in [2.05, 4.69) is 71.0 Å². The van der Waals surface area contributed by atoms with Crippen LogP contribution in [0.25, 0.3) is 0 Å². The number of hydrogen-bond donors (Lipinski definition) is 1. The molecule has 5 nitrogen and oxygen atoms in total. The summed E-state index contributed by atoms with van der Waals surface area (Å²) in [5, 5.41) is 3.77. The number of piperidine rings is 1. The zero-order chi connectivity index (χ0) is 18.8. The van der Waals surface area contributed by atoms with E-state index in [0.29, 0.717) is 23.9 Å². The molecule has 0 radical (unpaired) electrons. The minimum absolute atomic E-state index is 0. The van der Waals surface area contributed by atoms with Crippen LogP contribution in [0, 0.1) is 12.8 Å². The number of nitrogens with zero attached hydrogens (tertiary/aromatic N) is 4. The fourth-order valence-electron chi connectivity index (χ4n) is 4.35. The third-order valence-corrected chi connectivity index (χ3v) is 6.13. The number of likely N-dealkylation sites (tertiary alicyclic amines) is 1. The molecule has 2 aromatic rings. The molecule has 1 saturated carbocycles. The topological polar surface area (TPSA) is 45.5 Å². The molecule has 2 aliphatic rings. The van der Waals surface area contributed by atoms with Gasteiger partial charge in [-0.05, 0) is 43.7 Å². The standard InChI is InChI=1S/C22H31N5.HI/c1-4-24-22(25-20-13-19(20)18-8-6-5-7-16(18)2)26-11-9-17(3)21(14-26)27-12-10-23-15-27;/h5-8,10,12,15,17,19-21H,4,9,11,13-14H2,1-3H3,(H,24,25);1H. The molecule has 4 unspecified atom stereocenters. The Morgan fingerprint density at radius 1 is 1.32 bits per heavy atom. The fourth-order valence-corrected chi connectivity index (χ4v) is 4.35. The highest BCUT2D eigenvalue weighted by Crippen LogP contribution is 2.42. The van der Waals surface area contributed by atoms with E-state index >= 15 is 0 Å². The molecule has 1 saturated heterocycles. The van der Waals surface area contributed by atoms with Gasteiger partial charge in [-0.3, -0.25) is 4.99 Å². The number of aliphatic imine (C=N–C) groups is 1. The first-order chi connectivity index (χ1) is 13.2. The second-order valence-corrected chi connectivity index (χ2v) is 8.04. The molecule has 2 heterocycles. The minimum Gasteiger partial charge on any atom is -0.353 e. The molecule has 1 N–H and O–H groups in total. The molecule has 152 valence electrons. The summed E-state index contributed by atoms with van der Waals surface area (Å²) >= 11 is 0. The Bertz CT molecular complexity index is 788. The maximum Gasteiger partial charge on any atom is 0.194 e. The van der Waals surface area contributed by atoms with Crippen LogP contribution in [0.4, 0.5) is 0 Å². The van der Waals surface area contributed by atoms with E-state index in [1.165, 1.54) is 24.0 Å². The Labute approximate surface area is 185 Å². The summed E-state index contributed by atoms with van der Waals surface area (Å²) in [6.45, 7) is 9.55. The van der Waals surface area contributed by atoms with Gasteiger partial charge in [0.1, 0.15) is 0 Å². The highest BCUT2D eigenvalue weighted by molar-refractivity contribution is 14.0. The van der Waals surface area contributed by atoms with Crippen molar-refractivity contribution in [3.05, 3.63) is 54.1 Å². The van der Waals surface area contributed by atoms with Crippen molar-refractivity contribution >= 4 is 29.9 Å². The van der Waals surface area contributed by atoms with E-state index in [9.17, 15) is 0 Å². The number of guanidine groups is 1. The van der Waals surface area contributed by atoms with Crippen LogP contribution in [-0.2, 0) is 0 Å². The van der Waals surface area contributed by atoms with E-state index in [0.717, 1.165) is 25.6 Å². The van der Waals surface area contributed by atoms with Crippen LogP contribution in [0.15, 0.2) is 48.0 Å². The van der Waals surface area contributed by atoms with Crippen molar-refractivity contribution < 1.29 is 0 Å². The van der Waals surface area contributed by atoms with E-state index in [4.69, 9.17) is 4.99 Å². The average Bonchev–Trinajstić information content (AvgIpc) is 3.21. The fraction of sp³-hybridized carbons (Fsp3) is 0.545. The number of halogens is 1. The highest BCUT2D eigenvalue weighted by atomic mass is 127. The second-order valence-electron chi connectivity index (χ2n) is 8.04. The van der Waals surface area contributed by atoms with Crippen molar-refractivity contribution in [1.82, 2.24) is 19.8 Å². The summed E-state index contributed by atoms with van der Waals surface area (Å²) in [6, 6.07) is 9.72. The summed E-state index contributed by atoms with van der Waals surface area (Å²) in [4.78, 5) is 11.5. The Morgan fingerprint density at radius 3 is 2.86 bits per heavy atom. The molecule has 6 heteroatoms. The molecule has 28 heavy (non-hydrogen) atoms. The predicted octanol–water partition coefficient (Wildman–Crippen LogP) is 4.21. The molecule has 0 bridgehead atoms. The van der Waals surface area contributed by atoms with Gasteiger partial charge >= 0.3 is 0 Å². The zero-order valence-electron chi connectivity index (χ0n) is 17.1. The van der Waals surface area contributed by atoms with Crippen LogP contribution in [0.3, 0.4) is 0 Å². The zero-order valence-corrected chi connectivity index (χ0v) is 19.4. The van der Waals surface area contributed by atoms with Crippen molar-refractivity contribution in [2.24, 2.45) is 10.9 Å². The van der Waals surface area contributed by atoms with E-state index < -0.39 is 0 Å². The average molecular weight is 493 g/mol. The van der Waals surface area contributed by atoms with Gasteiger partial charge in [0.2, 0.25) is 0 Å². The summed E-state index contributed by atoms with van der Waals surface area (Å²) in [7, 11) is 0. The predicted molar refractivity (Wildman–Crippen MR) is 125 cm³/mol. The molecular weight excluding hydrogens is 461 g/mol. The quantitative estimate of drug-likeness (QED) is 0.394. The Morgan fingerprint density at radius 2 is 2.14 bits per heavy atom. The number of rotatable bonds is 4. The molecule has 4 atom stereocenters.